The van der Waals surface area contributed by atoms with E-state index in [4.69, 9.17) is 14.6 Å². The average Bonchev–Trinajstić information content (AvgIpc) is 3.62. The Morgan fingerprint density at radius 3 is 2.50 bits per heavy atom. The molecule has 1 saturated heterocycles. The van der Waals surface area contributed by atoms with Crippen LogP contribution in [0.4, 0.5) is 18.0 Å². The maximum Gasteiger partial charge on any atom is 0.513 e. The van der Waals surface area contributed by atoms with Crippen molar-refractivity contribution in [1.29, 1.82) is 0 Å². The average molecular weight is 690 g/mol. The standard InChI is InChI=1S/C33H38F3N5O6S/c1-3-46-32(43)47-25-8-9-29-26(16-25)27(17-37-29)21-10-13-39(14-11-21)18-24(42)19-41-30-12-15-40(48(2,44)45)20-28(30)31(38-41)22-4-6-23(7-5-22)33(34,35)36/h4-9,16-17,21,24,37,42H,3,10-15,18-20H2,1-2H3. The number of hydrogen-bond acceptors (Lipinski definition) is 8. The van der Waals surface area contributed by atoms with E-state index < -0.39 is 34.0 Å². The summed E-state index contributed by atoms with van der Waals surface area (Å²) in [5.74, 6) is 0.681. The quantitative estimate of drug-likeness (QED) is 0.183. The molecule has 258 valence electrons. The molecule has 48 heavy (non-hydrogen) atoms. The van der Waals surface area contributed by atoms with Gasteiger partial charge in [-0.25, -0.2) is 13.2 Å². The van der Waals surface area contributed by atoms with Crippen LogP contribution in [-0.4, -0.2) is 88.8 Å². The minimum atomic E-state index is -4.48. The summed E-state index contributed by atoms with van der Waals surface area (Å²) in [6.45, 7) is 4.31. The van der Waals surface area contributed by atoms with Gasteiger partial charge in [0.15, 0.2) is 0 Å². The number of benzene rings is 2. The maximum absolute atomic E-state index is 13.2. The summed E-state index contributed by atoms with van der Waals surface area (Å²) in [6, 6.07) is 10.1. The van der Waals surface area contributed by atoms with Crippen LogP contribution in [0.15, 0.2) is 48.7 Å². The third-order valence-corrected chi connectivity index (χ3v) is 10.3. The van der Waals surface area contributed by atoms with E-state index in [2.05, 4.69) is 9.88 Å². The van der Waals surface area contributed by atoms with Crippen molar-refractivity contribution in [2.75, 3.05) is 39.0 Å². The molecule has 2 aliphatic rings. The number of β-amino-alcohol motifs (C(OH)–C–C–N with tert-alkyl or cyclic N) is 1. The van der Waals surface area contributed by atoms with E-state index in [-0.39, 0.29) is 32.2 Å². The normalized spacial score (nSPS) is 17.4. The minimum Gasteiger partial charge on any atom is -0.434 e. The van der Waals surface area contributed by atoms with Gasteiger partial charge in [-0.1, -0.05) is 12.1 Å². The number of aliphatic hydroxyl groups excluding tert-OH is 1. The van der Waals surface area contributed by atoms with Gasteiger partial charge >= 0.3 is 12.3 Å². The lowest BCUT2D eigenvalue weighted by molar-refractivity contribution is -0.137. The van der Waals surface area contributed by atoms with Crippen LogP contribution in [0.3, 0.4) is 0 Å². The smallest absolute Gasteiger partial charge is 0.434 e. The second-order valence-electron chi connectivity index (χ2n) is 12.3. The molecule has 0 aliphatic carbocycles. The lowest BCUT2D eigenvalue weighted by Crippen LogP contribution is -2.40. The summed E-state index contributed by atoms with van der Waals surface area (Å²) in [6.07, 6.45) is -0.804. The molecule has 2 aromatic heterocycles. The number of ether oxygens (including phenoxy) is 2. The number of halogens is 3. The number of piperidine rings is 1. The van der Waals surface area contributed by atoms with Crippen LogP contribution in [0.5, 0.6) is 5.75 Å². The summed E-state index contributed by atoms with van der Waals surface area (Å²) >= 11 is 0. The van der Waals surface area contributed by atoms with Crippen molar-refractivity contribution in [3.8, 4) is 17.0 Å². The second kappa shape index (κ2) is 13.5. The summed E-state index contributed by atoms with van der Waals surface area (Å²) in [5.41, 5.74) is 3.56. The Labute approximate surface area is 276 Å². The van der Waals surface area contributed by atoms with Crippen LogP contribution in [0.1, 0.15) is 48.1 Å². The van der Waals surface area contributed by atoms with Crippen molar-refractivity contribution in [2.45, 2.75) is 57.5 Å². The largest absolute Gasteiger partial charge is 0.513 e. The van der Waals surface area contributed by atoms with E-state index in [1.165, 1.54) is 16.4 Å². The molecule has 0 amide bonds. The highest BCUT2D eigenvalue weighted by Crippen LogP contribution is 2.36. The first-order valence-electron chi connectivity index (χ1n) is 15.9. The van der Waals surface area contributed by atoms with E-state index >= 15 is 0 Å². The third-order valence-electron chi connectivity index (χ3n) is 9.08. The number of hydrogen-bond donors (Lipinski definition) is 2. The number of rotatable bonds is 9. The van der Waals surface area contributed by atoms with Crippen molar-refractivity contribution >= 4 is 27.1 Å². The van der Waals surface area contributed by atoms with E-state index in [0.717, 1.165) is 66.5 Å². The lowest BCUT2D eigenvalue weighted by Gasteiger charge is -2.33. The number of fused-ring (bicyclic) bond motifs is 2. The maximum atomic E-state index is 13.2. The molecule has 15 heteroatoms. The minimum absolute atomic E-state index is 0.0540. The van der Waals surface area contributed by atoms with Crippen LogP contribution in [0.2, 0.25) is 0 Å². The molecule has 4 aromatic rings. The molecule has 11 nitrogen and oxygen atoms in total. The van der Waals surface area contributed by atoms with Gasteiger partial charge in [0.1, 0.15) is 5.75 Å². The van der Waals surface area contributed by atoms with Gasteiger partial charge in [-0.05, 0) is 74.7 Å². The highest BCUT2D eigenvalue weighted by Gasteiger charge is 2.33. The summed E-state index contributed by atoms with van der Waals surface area (Å²) < 4.78 is 77.5. The van der Waals surface area contributed by atoms with E-state index in [9.17, 15) is 31.5 Å². The van der Waals surface area contributed by atoms with Crippen LogP contribution in [0, 0.1) is 0 Å². The van der Waals surface area contributed by atoms with Gasteiger partial charge in [0.25, 0.3) is 0 Å². The van der Waals surface area contributed by atoms with Crippen molar-refractivity contribution < 1.29 is 41.0 Å². The van der Waals surface area contributed by atoms with Gasteiger partial charge in [-0.15, -0.1) is 0 Å². The Kier molecular flexibility index (Phi) is 9.57. The SMILES string of the molecule is CCOC(=O)Oc1ccc2[nH]cc(C3CCN(CC(O)Cn4nc(-c5ccc(C(F)(F)F)cc5)c5c4CCN(S(C)(=O)=O)C5)CC3)c2c1. The number of aliphatic hydroxyl groups is 1. The molecule has 4 heterocycles. The van der Waals surface area contributed by atoms with E-state index in [1.54, 1.807) is 17.7 Å². The number of aromatic amines is 1. The Morgan fingerprint density at radius 2 is 1.83 bits per heavy atom. The molecular formula is C33H38F3N5O6S. The molecule has 2 aromatic carbocycles. The Bertz CT molecular complexity index is 1880. The molecule has 2 aliphatic heterocycles. The predicted octanol–water partition coefficient (Wildman–Crippen LogP) is 5.14. The number of alkyl halides is 3. The van der Waals surface area contributed by atoms with Crippen molar-refractivity contribution in [3.63, 3.8) is 0 Å². The fraction of sp³-hybridized carbons (Fsp3) is 0.455. The fourth-order valence-electron chi connectivity index (χ4n) is 6.70. The Hall–Kier alpha value is -3.92. The lowest BCUT2D eigenvalue weighted by atomic mass is 9.89. The van der Waals surface area contributed by atoms with Crippen LogP contribution in [-0.2, 0) is 40.4 Å². The molecule has 2 N–H and O–H groups in total. The highest BCUT2D eigenvalue weighted by atomic mass is 32.2. The van der Waals surface area contributed by atoms with Crippen molar-refractivity contribution in [3.05, 3.63) is 71.0 Å². The number of likely N-dealkylation sites (tertiary alicyclic amines) is 1. The molecule has 6 rings (SSSR count). The number of carbonyl (C=O) groups excluding carboxylic acids is 1. The van der Waals surface area contributed by atoms with Gasteiger partial charge in [0, 0.05) is 60.0 Å². The molecule has 0 spiro atoms. The second-order valence-corrected chi connectivity index (χ2v) is 14.3. The van der Waals surface area contributed by atoms with E-state index in [0.29, 0.717) is 35.5 Å². The summed E-state index contributed by atoms with van der Waals surface area (Å²) in [7, 11) is -3.50. The number of sulfonamides is 1. The van der Waals surface area contributed by atoms with Gasteiger partial charge in [0.05, 0.1) is 36.8 Å². The van der Waals surface area contributed by atoms with Crippen LogP contribution < -0.4 is 4.74 Å². The van der Waals surface area contributed by atoms with Crippen LogP contribution in [0.25, 0.3) is 22.2 Å². The van der Waals surface area contributed by atoms with Crippen molar-refractivity contribution in [2.24, 2.45) is 0 Å². The number of H-pyrrole nitrogens is 1. The zero-order chi connectivity index (χ0) is 34.2. The van der Waals surface area contributed by atoms with Gasteiger partial charge < -0.3 is 24.5 Å². The summed E-state index contributed by atoms with van der Waals surface area (Å²) in [4.78, 5) is 17.3. The topological polar surface area (TPSA) is 130 Å². The summed E-state index contributed by atoms with van der Waals surface area (Å²) in [5, 5.41) is 16.9. The molecule has 1 unspecified atom stereocenters. The first-order chi connectivity index (χ1) is 22.8. The zero-order valence-corrected chi connectivity index (χ0v) is 27.5. The Morgan fingerprint density at radius 1 is 1.10 bits per heavy atom. The Balaban J connectivity index is 1.13. The third kappa shape index (κ3) is 7.38. The fourth-order valence-corrected chi connectivity index (χ4v) is 7.48. The first kappa shape index (κ1) is 34.0. The van der Waals surface area contributed by atoms with Gasteiger partial charge in [-0.3, -0.25) is 4.68 Å². The molecule has 0 bridgehead atoms. The van der Waals surface area contributed by atoms with Crippen LogP contribution >= 0.6 is 0 Å². The number of nitrogens with zero attached hydrogens (tertiary/aromatic N) is 4. The number of aromatic nitrogens is 3. The monoisotopic (exact) mass is 689 g/mol. The van der Waals surface area contributed by atoms with Crippen molar-refractivity contribution in [1.82, 2.24) is 24.0 Å². The predicted molar refractivity (Wildman–Crippen MR) is 172 cm³/mol. The highest BCUT2D eigenvalue weighted by molar-refractivity contribution is 7.88. The number of carbonyl (C=O) groups is 1. The molecule has 0 radical (unpaired) electrons. The zero-order valence-electron chi connectivity index (χ0n) is 26.7. The van der Waals surface area contributed by atoms with Gasteiger partial charge in [-0.2, -0.15) is 22.6 Å². The van der Waals surface area contributed by atoms with Gasteiger partial charge in [0.2, 0.25) is 10.0 Å². The molecule has 0 saturated carbocycles. The molecule has 1 fully saturated rings. The number of nitrogens with one attached hydrogen (secondary N) is 1. The molecular weight excluding hydrogens is 651 g/mol. The first-order valence-corrected chi connectivity index (χ1v) is 17.7. The molecule has 1 atom stereocenters. The van der Waals surface area contributed by atoms with E-state index in [1.807, 2.05) is 18.3 Å².